The number of aliphatic carboxylic acids is 1. The van der Waals surface area contributed by atoms with Gasteiger partial charge in [-0.05, 0) is 25.4 Å². The predicted octanol–water partition coefficient (Wildman–Crippen LogP) is -0.557. The Labute approximate surface area is 98.2 Å². The Morgan fingerprint density at radius 3 is 2.56 bits per heavy atom. The van der Waals surface area contributed by atoms with E-state index in [2.05, 4.69) is 10.6 Å². The van der Waals surface area contributed by atoms with Gasteiger partial charge in [0.25, 0.3) is 0 Å². The van der Waals surface area contributed by atoms with Crippen LogP contribution in [0.3, 0.4) is 0 Å². The highest BCUT2D eigenvalue weighted by atomic mass is 32.2. The number of hydrogen-bond acceptors (Lipinski definition) is 4. The van der Waals surface area contributed by atoms with Crippen LogP contribution in [-0.4, -0.2) is 47.5 Å². The van der Waals surface area contributed by atoms with Crippen LogP contribution in [0.5, 0.6) is 0 Å². The van der Waals surface area contributed by atoms with Crippen LogP contribution >= 0.6 is 11.8 Å². The first kappa shape index (κ1) is 14.8. The highest BCUT2D eigenvalue weighted by Gasteiger charge is 2.21. The van der Waals surface area contributed by atoms with E-state index >= 15 is 0 Å². The smallest absolute Gasteiger partial charge is 0.325 e. The van der Waals surface area contributed by atoms with E-state index < -0.39 is 24.0 Å². The van der Waals surface area contributed by atoms with Gasteiger partial charge < -0.3 is 15.7 Å². The van der Waals surface area contributed by atoms with Gasteiger partial charge in [0, 0.05) is 0 Å². The van der Waals surface area contributed by atoms with Crippen LogP contribution in [0, 0.1) is 0 Å². The van der Waals surface area contributed by atoms with E-state index in [1.54, 1.807) is 11.8 Å². The van der Waals surface area contributed by atoms with Gasteiger partial charge in [0.2, 0.25) is 12.3 Å². The lowest BCUT2D eigenvalue weighted by Gasteiger charge is -2.17. The Bertz CT molecular complexity index is 260. The van der Waals surface area contributed by atoms with Crippen molar-refractivity contribution >= 4 is 30.0 Å². The molecule has 0 aromatic carbocycles. The maximum absolute atomic E-state index is 11.5. The second-order valence-corrected chi connectivity index (χ2v) is 4.17. The molecule has 0 saturated carbocycles. The molecule has 0 unspecified atom stereocenters. The Morgan fingerprint density at radius 2 is 2.12 bits per heavy atom. The number of rotatable bonds is 8. The number of carbonyl (C=O) groups is 3. The van der Waals surface area contributed by atoms with E-state index in [-0.39, 0.29) is 0 Å². The molecular formula is C9H16N2O4S. The third kappa shape index (κ3) is 5.59. The molecule has 2 atom stereocenters. The summed E-state index contributed by atoms with van der Waals surface area (Å²) in [4.78, 5) is 32.4. The number of nitrogens with one attached hydrogen (secondary N) is 2. The Morgan fingerprint density at radius 1 is 1.50 bits per heavy atom. The van der Waals surface area contributed by atoms with Gasteiger partial charge in [-0.15, -0.1) is 0 Å². The molecule has 0 aliphatic heterocycles. The van der Waals surface area contributed by atoms with E-state index in [4.69, 9.17) is 5.11 Å². The molecule has 0 aliphatic rings. The van der Waals surface area contributed by atoms with Gasteiger partial charge in [-0.2, -0.15) is 11.8 Å². The molecule has 3 N–H and O–H groups in total. The number of carboxylic acids is 1. The fourth-order valence-corrected chi connectivity index (χ4v) is 1.46. The van der Waals surface area contributed by atoms with Crippen molar-refractivity contribution in [2.75, 3.05) is 12.0 Å². The standard InChI is InChI=1S/C9H16N2O4S/c1-6(9(14)15)11-8(13)7(10-5-12)3-4-16-2/h5-7H,3-4H2,1-2H3,(H,10,12)(H,11,13)(H,14,15)/t6-,7-/m1/s1. The Balaban J connectivity index is 4.25. The van der Waals surface area contributed by atoms with Crippen LogP contribution in [0.25, 0.3) is 0 Å². The molecule has 0 heterocycles. The first-order valence-corrected chi connectivity index (χ1v) is 6.14. The molecule has 6 nitrogen and oxygen atoms in total. The molecule has 0 aromatic rings. The summed E-state index contributed by atoms with van der Waals surface area (Å²) in [6.45, 7) is 1.37. The van der Waals surface area contributed by atoms with E-state index in [0.29, 0.717) is 18.6 Å². The van der Waals surface area contributed by atoms with Crippen molar-refractivity contribution in [3.05, 3.63) is 0 Å². The average Bonchev–Trinajstić information content (AvgIpc) is 2.23. The summed E-state index contributed by atoms with van der Waals surface area (Å²) < 4.78 is 0. The van der Waals surface area contributed by atoms with Gasteiger partial charge in [-0.3, -0.25) is 14.4 Å². The summed E-state index contributed by atoms with van der Waals surface area (Å²) in [6.07, 6.45) is 2.80. The second kappa shape index (κ2) is 7.98. The minimum absolute atomic E-state index is 0.440. The Kier molecular flexibility index (Phi) is 7.36. The highest BCUT2D eigenvalue weighted by molar-refractivity contribution is 7.98. The van der Waals surface area contributed by atoms with Crippen LogP contribution in [0.15, 0.2) is 0 Å². The molecule has 0 aromatic heterocycles. The summed E-state index contributed by atoms with van der Waals surface area (Å²) in [5, 5.41) is 13.3. The molecule has 0 rings (SSSR count). The van der Waals surface area contributed by atoms with Gasteiger partial charge in [0.1, 0.15) is 12.1 Å². The lowest BCUT2D eigenvalue weighted by Crippen LogP contribution is -2.49. The van der Waals surface area contributed by atoms with Crippen LogP contribution in [0.4, 0.5) is 0 Å². The minimum Gasteiger partial charge on any atom is -0.480 e. The fourth-order valence-electron chi connectivity index (χ4n) is 0.984. The first-order valence-electron chi connectivity index (χ1n) is 4.74. The molecule has 2 amide bonds. The summed E-state index contributed by atoms with van der Waals surface area (Å²) in [7, 11) is 0. The molecule has 0 radical (unpaired) electrons. The highest BCUT2D eigenvalue weighted by Crippen LogP contribution is 2.01. The summed E-state index contributed by atoms with van der Waals surface area (Å²) in [5.74, 6) is -0.875. The monoisotopic (exact) mass is 248 g/mol. The molecule has 16 heavy (non-hydrogen) atoms. The largest absolute Gasteiger partial charge is 0.480 e. The molecule has 0 aliphatic carbocycles. The maximum atomic E-state index is 11.5. The third-order valence-corrected chi connectivity index (χ3v) is 2.57. The predicted molar refractivity (Wildman–Crippen MR) is 61.2 cm³/mol. The summed E-state index contributed by atoms with van der Waals surface area (Å²) in [6, 6.07) is -1.63. The summed E-state index contributed by atoms with van der Waals surface area (Å²) in [5.41, 5.74) is 0. The van der Waals surface area contributed by atoms with Crippen molar-refractivity contribution in [2.45, 2.75) is 25.4 Å². The molecule has 0 spiro atoms. The van der Waals surface area contributed by atoms with Crippen LogP contribution in [-0.2, 0) is 14.4 Å². The SMILES string of the molecule is CSCC[C@@H](NC=O)C(=O)N[C@H](C)C(=O)O. The van der Waals surface area contributed by atoms with Crippen LogP contribution in [0.1, 0.15) is 13.3 Å². The summed E-state index contributed by atoms with van der Waals surface area (Å²) >= 11 is 1.55. The third-order valence-electron chi connectivity index (χ3n) is 1.93. The number of carboxylic acid groups (broad SMARTS) is 1. The van der Waals surface area contributed by atoms with E-state index in [1.165, 1.54) is 6.92 Å². The van der Waals surface area contributed by atoms with Crippen molar-refractivity contribution in [1.82, 2.24) is 10.6 Å². The molecule has 92 valence electrons. The average molecular weight is 248 g/mol. The maximum Gasteiger partial charge on any atom is 0.325 e. The van der Waals surface area contributed by atoms with Crippen molar-refractivity contribution in [2.24, 2.45) is 0 Å². The van der Waals surface area contributed by atoms with Crippen molar-refractivity contribution in [1.29, 1.82) is 0 Å². The zero-order valence-electron chi connectivity index (χ0n) is 9.23. The number of carbonyl (C=O) groups excluding carboxylic acids is 2. The van der Waals surface area contributed by atoms with Crippen molar-refractivity contribution in [3.63, 3.8) is 0 Å². The minimum atomic E-state index is -1.11. The zero-order chi connectivity index (χ0) is 12.6. The lowest BCUT2D eigenvalue weighted by atomic mass is 10.2. The molecule has 0 saturated heterocycles. The van der Waals surface area contributed by atoms with Crippen LogP contribution in [0.2, 0.25) is 0 Å². The number of thioether (sulfide) groups is 1. The fraction of sp³-hybridized carbons (Fsp3) is 0.667. The van der Waals surface area contributed by atoms with Gasteiger partial charge in [0.05, 0.1) is 0 Å². The van der Waals surface area contributed by atoms with Gasteiger partial charge in [0.15, 0.2) is 0 Å². The number of hydrogen-bond donors (Lipinski definition) is 3. The van der Waals surface area contributed by atoms with E-state index in [0.717, 1.165) is 0 Å². The first-order chi connectivity index (χ1) is 7.52. The quantitative estimate of drug-likeness (QED) is 0.501. The van der Waals surface area contributed by atoms with Gasteiger partial charge in [-0.25, -0.2) is 0 Å². The van der Waals surface area contributed by atoms with E-state index in [9.17, 15) is 14.4 Å². The normalized spacial score (nSPS) is 13.6. The van der Waals surface area contributed by atoms with Crippen molar-refractivity contribution in [3.8, 4) is 0 Å². The van der Waals surface area contributed by atoms with E-state index in [1.807, 2.05) is 6.26 Å². The van der Waals surface area contributed by atoms with Gasteiger partial charge in [-0.1, -0.05) is 0 Å². The Hall–Kier alpha value is -1.24. The molecular weight excluding hydrogens is 232 g/mol. The molecule has 0 bridgehead atoms. The topological polar surface area (TPSA) is 95.5 Å². The lowest BCUT2D eigenvalue weighted by molar-refractivity contribution is -0.141. The van der Waals surface area contributed by atoms with Crippen LogP contribution < -0.4 is 10.6 Å². The van der Waals surface area contributed by atoms with Crippen molar-refractivity contribution < 1.29 is 19.5 Å². The molecule has 0 fully saturated rings. The van der Waals surface area contributed by atoms with Gasteiger partial charge >= 0.3 is 5.97 Å². The zero-order valence-corrected chi connectivity index (χ0v) is 10.0. The number of amides is 2. The second-order valence-electron chi connectivity index (χ2n) is 3.19. The molecule has 7 heteroatoms.